The summed E-state index contributed by atoms with van der Waals surface area (Å²) in [4.78, 5) is 44.0. The maximum absolute atomic E-state index is 14.8. The average Bonchev–Trinajstić information content (AvgIpc) is 3.32. The van der Waals surface area contributed by atoms with Crippen LogP contribution in [-0.2, 0) is 20.9 Å². The molecule has 8 nitrogen and oxygen atoms in total. The standard InChI is InChI=1S/C23H29FN4O4S2/c1-12-19(34-11-26-12)15-7-5-14(6-8-15)9-25-21(31)18-17(24)16(30)10-28(18)22(32)20(23(3,4)33)27-13(2)29/h5-8,11,16-18,20,30,33H,9-10H2,1-4H3,(H,25,31)(H,27,29)/t16-,17-,18-,20+/m0/s1. The van der Waals surface area contributed by atoms with Gasteiger partial charge in [-0.25, -0.2) is 9.37 Å². The fourth-order valence-corrected chi connectivity index (χ4v) is 4.85. The minimum absolute atomic E-state index is 0.120. The molecule has 3 N–H and O–H groups in total. The molecule has 3 amide bonds. The van der Waals surface area contributed by atoms with E-state index in [1.165, 1.54) is 18.3 Å². The van der Waals surface area contributed by atoms with Crippen molar-refractivity contribution in [3.05, 3.63) is 41.0 Å². The molecule has 1 saturated heterocycles. The van der Waals surface area contributed by atoms with Gasteiger partial charge in [0, 0.05) is 18.2 Å². The van der Waals surface area contributed by atoms with Crippen molar-refractivity contribution in [2.45, 2.75) is 63.3 Å². The Morgan fingerprint density at radius 3 is 2.50 bits per heavy atom. The Morgan fingerprint density at radius 2 is 1.97 bits per heavy atom. The molecule has 0 radical (unpaired) electrons. The lowest BCUT2D eigenvalue weighted by atomic mass is 10.0. The molecule has 2 aromatic rings. The predicted octanol–water partition coefficient (Wildman–Crippen LogP) is 1.86. The van der Waals surface area contributed by atoms with Crippen molar-refractivity contribution < 1.29 is 23.9 Å². The SMILES string of the molecule is CC(=O)N[C@H](C(=O)N1C[C@H](O)[C@H](F)[C@H]1C(=O)NCc1ccc(-c2scnc2C)cc1)C(C)(C)S. The quantitative estimate of drug-likeness (QED) is 0.427. The van der Waals surface area contributed by atoms with Crippen molar-refractivity contribution in [3.63, 3.8) is 0 Å². The zero-order valence-corrected chi connectivity index (χ0v) is 21.1. The summed E-state index contributed by atoms with van der Waals surface area (Å²) in [7, 11) is 0. The smallest absolute Gasteiger partial charge is 0.247 e. The molecular weight excluding hydrogens is 479 g/mol. The summed E-state index contributed by atoms with van der Waals surface area (Å²) in [6.07, 6.45) is -3.47. The first-order chi connectivity index (χ1) is 15.9. The Labute approximate surface area is 207 Å². The van der Waals surface area contributed by atoms with Gasteiger partial charge in [0.15, 0.2) is 6.17 Å². The summed E-state index contributed by atoms with van der Waals surface area (Å²) < 4.78 is 13.8. The highest BCUT2D eigenvalue weighted by molar-refractivity contribution is 7.81. The second-order valence-electron chi connectivity index (χ2n) is 8.92. The highest BCUT2D eigenvalue weighted by Crippen LogP contribution is 2.28. The van der Waals surface area contributed by atoms with E-state index < -0.39 is 46.8 Å². The fraction of sp³-hybridized carbons (Fsp3) is 0.478. The average molecular weight is 509 g/mol. The van der Waals surface area contributed by atoms with Gasteiger partial charge in [-0.15, -0.1) is 11.3 Å². The number of carbonyl (C=O) groups is 3. The second-order valence-corrected chi connectivity index (χ2v) is 10.9. The first-order valence-corrected chi connectivity index (χ1v) is 12.1. The van der Waals surface area contributed by atoms with Gasteiger partial charge in [0.1, 0.15) is 18.2 Å². The number of nitrogens with zero attached hydrogens (tertiary/aromatic N) is 2. The molecule has 11 heteroatoms. The molecule has 34 heavy (non-hydrogen) atoms. The number of halogens is 1. The molecule has 1 aromatic carbocycles. The van der Waals surface area contributed by atoms with Gasteiger partial charge >= 0.3 is 0 Å². The van der Waals surface area contributed by atoms with E-state index in [0.29, 0.717) is 0 Å². The zero-order valence-electron chi connectivity index (χ0n) is 19.4. The number of aliphatic hydroxyl groups is 1. The van der Waals surface area contributed by atoms with Gasteiger partial charge in [-0.2, -0.15) is 12.6 Å². The molecule has 2 heterocycles. The number of hydrogen-bond acceptors (Lipinski definition) is 7. The van der Waals surface area contributed by atoms with Crippen molar-refractivity contribution >= 4 is 41.7 Å². The monoisotopic (exact) mass is 508 g/mol. The Balaban J connectivity index is 1.72. The van der Waals surface area contributed by atoms with Gasteiger partial charge in [0.2, 0.25) is 17.7 Å². The van der Waals surface area contributed by atoms with Crippen LogP contribution in [0.5, 0.6) is 0 Å². The molecular formula is C23H29FN4O4S2. The Bertz CT molecular complexity index is 1050. The van der Waals surface area contributed by atoms with E-state index in [2.05, 4.69) is 28.2 Å². The van der Waals surface area contributed by atoms with Crippen LogP contribution in [0.2, 0.25) is 0 Å². The van der Waals surface area contributed by atoms with E-state index in [1.54, 1.807) is 19.4 Å². The van der Waals surface area contributed by atoms with Crippen LogP contribution in [0.3, 0.4) is 0 Å². The number of carbonyl (C=O) groups excluding carboxylic acids is 3. The molecule has 1 aliphatic rings. The highest BCUT2D eigenvalue weighted by Gasteiger charge is 2.50. The predicted molar refractivity (Wildman–Crippen MR) is 131 cm³/mol. The number of aryl methyl sites for hydroxylation is 1. The lowest BCUT2D eigenvalue weighted by Gasteiger charge is -2.34. The number of likely N-dealkylation sites (tertiary alicyclic amines) is 1. The maximum atomic E-state index is 14.8. The number of aromatic nitrogens is 1. The van der Waals surface area contributed by atoms with E-state index in [-0.39, 0.29) is 13.1 Å². The third-order valence-corrected chi connectivity index (χ3v) is 6.91. The molecule has 1 aliphatic heterocycles. The third kappa shape index (κ3) is 5.76. The van der Waals surface area contributed by atoms with E-state index in [1.807, 2.05) is 31.2 Å². The van der Waals surface area contributed by atoms with Crippen LogP contribution in [0.15, 0.2) is 29.8 Å². The molecule has 4 atom stereocenters. The van der Waals surface area contributed by atoms with Crippen molar-refractivity contribution in [3.8, 4) is 10.4 Å². The molecule has 1 aromatic heterocycles. The van der Waals surface area contributed by atoms with Gasteiger partial charge in [-0.1, -0.05) is 24.3 Å². The number of aliphatic hydroxyl groups excluding tert-OH is 1. The van der Waals surface area contributed by atoms with Crippen molar-refractivity contribution in [1.82, 2.24) is 20.5 Å². The number of thiol groups is 1. The molecule has 0 saturated carbocycles. The minimum Gasteiger partial charge on any atom is -0.388 e. The summed E-state index contributed by atoms with van der Waals surface area (Å²) in [6, 6.07) is 4.91. The summed E-state index contributed by atoms with van der Waals surface area (Å²) in [5.74, 6) is -1.87. The normalized spacial score (nSPS) is 21.3. The first kappa shape index (κ1) is 26.1. The topological polar surface area (TPSA) is 112 Å². The summed E-state index contributed by atoms with van der Waals surface area (Å²) >= 11 is 5.93. The lowest BCUT2D eigenvalue weighted by Crippen LogP contribution is -2.59. The number of rotatable bonds is 7. The van der Waals surface area contributed by atoms with Gasteiger partial charge in [0.05, 0.1) is 22.6 Å². The fourth-order valence-electron chi connectivity index (χ4n) is 3.87. The molecule has 0 spiro atoms. The van der Waals surface area contributed by atoms with Crippen LogP contribution >= 0.6 is 24.0 Å². The highest BCUT2D eigenvalue weighted by atomic mass is 32.1. The van der Waals surface area contributed by atoms with Gasteiger partial charge in [-0.3, -0.25) is 14.4 Å². The first-order valence-electron chi connectivity index (χ1n) is 10.8. The van der Waals surface area contributed by atoms with E-state index >= 15 is 0 Å². The van der Waals surface area contributed by atoms with Gasteiger partial charge in [0.25, 0.3) is 0 Å². The Morgan fingerprint density at radius 1 is 1.32 bits per heavy atom. The van der Waals surface area contributed by atoms with E-state index in [0.717, 1.165) is 26.6 Å². The number of hydrogen-bond donors (Lipinski definition) is 4. The van der Waals surface area contributed by atoms with Crippen molar-refractivity contribution in [2.75, 3.05) is 6.54 Å². The molecule has 0 aliphatic carbocycles. The van der Waals surface area contributed by atoms with Crippen LogP contribution in [-0.4, -0.2) is 68.4 Å². The van der Waals surface area contributed by atoms with Gasteiger partial charge in [-0.05, 0) is 31.9 Å². The molecule has 0 unspecified atom stereocenters. The Hall–Kier alpha value is -2.50. The number of benzene rings is 1. The molecule has 1 fully saturated rings. The number of β-amino-alcohol motifs (C(OH)–C–C–N with tert-alkyl or cyclic N) is 1. The molecule has 184 valence electrons. The third-order valence-electron chi connectivity index (χ3n) is 5.67. The minimum atomic E-state index is -1.96. The largest absolute Gasteiger partial charge is 0.388 e. The zero-order chi connectivity index (χ0) is 25.2. The number of thiazole rings is 1. The summed E-state index contributed by atoms with van der Waals surface area (Å²) in [5.41, 5.74) is 4.51. The summed E-state index contributed by atoms with van der Waals surface area (Å²) in [6.45, 7) is 6.20. The van der Waals surface area contributed by atoms with E-state index in [9.17, 15) is 23.9 Å². The number of nitrogens with one attached hydrogen (secondary N) is 2. The number of amides is 3. The van der Waals surface area contributed by atoms with Crippen LogP contribution in [0.1, 0.15) is 32.0 Å². The summed E-state index contributed by atoms with van der Waals surface area (Å²) in [5, 5.41) is 15.3. The lowest BCUT2D eigenvalue weighted by molar-refractivity contribution is -0.142. The van der Waals surface area contributed by atoms with Crippen LogP contribution < -0.4 is 10.6 Å². The van der Waals surface area contributed by atoms with Crippen LogP contribution in [0, 0.1) is 6.92 Å². The Kier molecular flexibility index (Phi) is 7.99. The van der Waals surface area contributed by atoms with E-state index in [4.69, 9.17) is 0 Å². The van der Waals surface area contributed by atoms with Crippen molar-refractivity contribution in [1.29, 1.82) is 0 Å². The number of alkyl halides is 1. The van der Waals surface area contributed by atoms with Crippen LogP contribution in [0.4, 0.5) is 4.39 Å². The van der Waals surface area contributed by atoms with Crippen LogP contribution in [0.25, 0.3) is 10.4 Å². The van der Waals surface area contributed by atoms with Gasteiger partial charge < -0.3 is 20.6 Å². The second kappa shape index (κ2) is 10.4. The van der Waals surface area contributed by atoms with Crippen molar-refractivity contribution in [2.24, 2.45) is 0 Å². The molecule has 3 rings (SSSR count). The molecule has 0 bridgehead atoms. The maximum Gasteiger partial charge on any atom is 0.247 e.